The van der Waals surface area contributed by atoms with Gasteiger partial charge in [0, 0.05) is 39.3 Å². The Bertz CT molecular complexity index is 670. The normalized spacial score (nSPS) is 9.81. The number of nitrogens with two attached hydrogens (primary N) is 1. The zero-order chi connectivity index (χ0) is 14.7. The third-order valence-corrected chi connectivity index (χ3v) is 2.80. The molecule has 1 heterocycles. The summed E-state index contributed by atoms with van der Waals surface area (Å²) in [5.41, 5.74) is 6.20. The van der Waals surface area contributed by atoms with Gasteiger partial charge in [-0.25, -0.2) is 4.68 Å². The Kier molecular flexibility index (Phi) is 6.10. The molecule has 21 heavy (non-hydrogen) atoms. The van der Waals surface area contributed by atoms with Crippen molar-refractivity contribution in [3.63, 3.8) is 0 Å². The van der Waals surface area contributed by atoms with E-state index in [4.69, 9.17) is 5.73 Å². The Morgan fingerprint density at radius 1 is 1.48 bits per heavy atom. The Hall–Kier alpha value is -1.67. The molecule has 1 radical (unpaired) electrons. The number of benzene rings is 1. The van der Waals surface area contributed by atoms with Crippen LogP contribution in [-0.4, -0.2) is 32.0 Å². The van der Waals surface area contributed by atoms with Crippen molar-refractivity contribution >= 4 is 17.8 Å². The van der Waals surface area contributed by atoms with E-state index in [1.54, 1.807) is 13.0 Å². The molecule has 0 spiro atoms. The number of hydrogen-bond donors (Lipinski definition) is 2. The minimum Gasteiger partial charge on any atom is -0.404 e. The number of carbonyl (C=O) groups is 2. The van der Waals surface area contributed by atoms with Crippen LogP contribution in [0.3, 0.4) is 0 Å². The van der Waals surface area contributed by atoms with Crippen LogP contribution in [0.25, 0.3) is 0 Å². The third-order valence-electron chi connectivity index (χ3n) is 2.80. The molecule has 0 aliphatic heterocycles. The van der Waals surface area contributed by atoms with Crippen LogP contribution in [0.5, 0.6) is 0 Å². The first-order valence-electron chi connectivity index (χ1n) is 5.93. The van der Waals surface area contributed by atoms with Crippen molar-refractivity contribution in [1.82, 2.24) is 20.2 Å². The fraction of sp³-hybridized carbons (Fsp3) is 0.250. The number of hydrogen-bond acceptors (Lipinski definition) is 5. The summed E-state index contributed by atoms with van der Waals surface area (Å²) >= 11 is 0. The SMILES string of the molecule is CCn1nnnc1NC(=O)c1cc[c-]c(C(N)=O)c1C.[Y]. The summed E-state index contributed by atoms with van der Waals surface area (Å²) in [7, 11) is 0. The van der Waals surface area contributed by atoms with Crippen LogP contribution in [0.1, 0.15) is 33.2 Å². The van der Waals surface area contributed by atoms with Crippen LogP contribution < -0.4 is 11.1 Å². The molecule has 0 aliphatic carbocycles. The van der Waals surface area contributed by atoms with Gasteiger partial charge in [-0.1, -0.05) is 17.6 Å². The van der Waals surface area contributed by atoms with Crippen LogP contribution in [-0.2, 0) is 39.3 Å². The van der Waals surface area contributed by atoms with Crippen molar-refractivity contribution in [3.05, 3.63) is 34.9 Å². The predicted octanol–water partition coefficient (Wildman–Crippen LogP) is 0.150. The minimum absolute atomic E-state index is 0. The van der Waals surface area contributed by atoms with Gasteiger partial charge in [0.2, 0.25) is 11.9 Å². The average molecular weight is 362 g/mol. The van der Waals surface area contributed by atoms with Crippen LogP contribution in [0, 0.1) is 13.0 Å². The maximum absolute atomic E-state index is 12.2. The molecule has 1 aromatic carbocycles. The van der Waals surface area contributed by atoms with Gasteiger partial charge < -0.3 is 10.5 Å². The molecule has 1 aromatic heterocycles. The smallest absolute Gasteiger partial charge is 0.249 e. The molecule has 0 atom stereocenters. The largest absolute Gasteiger partial charge is 0.404 e. The van der Waals surface area contributed by atoms with E-state index in [2.05, 4.69) is 26.9 Å². The second-order valence-electron chi connectivity index (χ2n) is 4.03. The molecule has 0 unspecified atom stereocenters. The fourth-order valence-corrected chi connectivity index (χ4v) is 1.75. The number of carbonyl (C=O) groups excluding carboxylic acids is 2. The number of aryl methyl sites for hydroxylation is 1. The van der Waals surface area contributed by atoms with Crippen molar-refractivity contribution in [1.29, 1.82) is 0 Å². The van der Waals surface area contributed by atoms with E-state index >= 15 is 0 Å². The Morgan fingerprint density at radius 3 is 2.81 bits per heavy atom. The second kappa shape index (κ2) is 7.37. The topological polar surface area (TPSA) is 116 Å². The van der Waals surface area contributed by atoms with Gasteiger partial charge in [-0.05, 0) is 22.9 Å². The van der Waals surface area contributed by atoms with E-state index in [0.717, 1.165) is 0 Å². The van der Waals surface area contributed by atoms with Crippen molar-refractivity contribution in [2.45, 2.75) is 20.4 Å². The summed E-state index contributed by atoms with van der Waals surface area (Å²) in [6.45, 7) is 4.00. The quantitative estimate of drug-likeness (QED) is 0.752. The molecule has 0 bridgehead atoms. The molecule has 0 fully saturated rings. The first kappa shape index (κ1) is 17.4. The standard InChI is InChI=1S/C12H13N6O2.Y/c1-3-18-12(15-16-17-18)14-11(20)9-6-4-5-8(7(9)2)10(13)19;/h4,6H,3H2,1-2H3,(H2,13,19)(H,14,15,17,20);/q-1;. The molecule has 8 nitrogen and oxygen atoms in total. The average Bonchev–Trinajstić information content (AvgIpc) is 2.85. The fourth-order valence-electron chi connectivity index (χ4n) is 1.75. The van der Waals surface area contributed by atoms with E-state index in [1.165, 1.54) is 10.7 Å². The van der Waals surface area contributed by atoms with Gasteiger partial charge in [-0.3, -0.25) is 10.1 Å². The molecular weight excluding hydrogens is 349 g/mol. The number of aromatic nitrogens is 4. The van der Waals surface area contributed by atoms with Gasteiger partial charge in [-0.15, -0.1) is 23.8 Å². The summed E-state index contributed by atoms with van der Waals surface area (Å²) < 4.78 is 1.44. The van der Waals surface area contributed by atoms with Crippen molar-refractivity contribution in [2.75, 3.05) is 5.32 Å². The first-order chi connectivity index (χ1) is 9.54. The number of anilines is 1. The summed E-state index contributed by atoms with van der Waals surface area (Å²) in [6, 6.07) is 5.74. The zero-order valence-corrected chi connectivity index (χ0v) is 14.5. The van der Waals surface area contributed by atoms with Gasteiger partial charge in [0.1, 0.15) is 0 Å². The van der Waals surface area contributed by atoms with E-state index in [0.29, 0.717) is 17.7 Å². The maximum Gasteiger partial charge on any atom is 0.249 e. The van der Waals surface area contributed by atoms with Crippen molar-refractivity contribution in [2.24, 2.45) is 5.73 Å². The van der Waals surface area contributed by atoms with Gasteiger partial charge in [0.05, 0.1) is 0 Å². The van der Waals surface area contributed by atoms with E-state index < -0.39 is 11.8 Å². The maximum atomic E-state index is 12.2. The van der Waals surface area contributed by atoms with Gasteiger partial charge in [-0.2, -0.15) is 0 Å². The van der Waals surface area contributed by atoms with Crippen LogP contribution >= 0.6 is 0 Å². The Morgan fingerprint density at radius 2 is 2.19 bits per heavy atom. The summed E-state index contributed by atoms with van der Waals surface area (Å²) in [4.78, 5) is 23.4. The van der Waals surface area contributed by atoms with Crippen molar-refractivity contribution < 1.29 is 42.3 Å². The number of rotatable bonds is 4. The van der Waals surface area contributed by atoms with Gasteiger partial charge in [0.15, 0.2) is 5.91 Å². The summed E-state index contributed by atoms with van der Waals surface area (Å²) in [5.74, 6) is -0.801. The zero-order valence-electron chi connectivity index (χ0n) is 11.6. The minimum atomic E-state index is -0.629. The van der Waals surface area contributed by atoms with Crippen molar-refractivity contribution in [3.8, 4) is 0 Å². The van der Waals surface area contributed by atoms with Crippen LogP contribution in [0.2, 0.25) is 0 Å². The molecule has 2 aromatic rings. The number of primary amides is 1. The van der Waals surface area contributed by atoms with Gasteiger partial charge >= 0.3 is 0 Å². The summed E-state index contributed by atoms with van der Waals surface area (Å²) in [6.07, 6.45) is 0. The predicted molar refractivity (Wildman–Crippen MR) is 70.0 cm³/mol. The summed E-state index contributed by atoms with van der Waals surface area (Å²) in [5, 5.41) is 13.5. The molecule has 9 heteroatoms. The first-order valence-corrected chi connectivity index (χ1v) is 5.93. The Balaban J connectivity index is 0.00000220. The number of tetrazole rings is 1. The molecule has 2 rings (SSSR count). The molecule has 2 amide bonds. The molecule has 0 saturated heterocycles. The molecule has 0 saturated carbocycles. The monoisotopic (exact) mass is 362 g/mol. The second-order valence-corrected chi connectivity index (χ2v) is 4.03. The van der Waals surface area contributed by atoms with E-state index in [1.807, 2.05) is 6.92 Å². The molecule has 107 valence electrons. The number of nitrogens with one attached hydrogen (secondary N) is 1. The van der Waals surface area contributed by atoms with Crippen LogP contribution in [0.4, 0.5) is 5.95 Å². The molecule has 3 N–H and O–H groups in total. The van der Waals surface area contributed by atoms with Crippen LogP contribution in [0.15, 0.2) is 12.1 Å². The molecular formula is C12H13N6O2Y-. The third kappa shape index (κ3) is 3.71. The van der Waals surface area contributed by atoms with E-state index in [9.17, 15) is 9.59 Å². The molecule has 0 aliphatic rings. The number of nitrogens with zero attached hydrogens (tertiary/aromatic N) is 4. The number of amides is 2. The Labute approximate surface area is 146 Å². The van der Waals surface area contributed by atoms with E-state index in [-0.39, 0.29) is 44.2 Å². The van der Waals surface area contributed by atoms with Gasteiger partial charge in [0.25, 0.3) is 0 Å².